The van der Waals surface area contributed by atoms with Crippen molar-refractivity contribution in [3.8, 4) is 16.9 Å². The Hall–Kier alpha value is -2.56. The van der Waals surface area contributed by atoms with Crippen LogP contribution < -0.4 is 16.2 Å². The van der Waals surface area contributed by atoms with E-state index >= 15 is 0 Å². The van der Waals surface area contributed by atoms with Crippen LogP contribution in [0.4, 0.5) is 10.5 Å². The summed E-state index contributed by atoms with van der Waals surface area (Å²) in [5, 5.41) is 0. The fraction of sp³-hybridized carbons (Fsp3) is 0.0769. The van der Waals surface area contributed by atoms with Crippen LogP contribution in [0.15, 0.2) is 36.7 Å². The normalized spacial score (nSPS) is 10.1. The van der Waals surface area contributed by atoms with Gasteiger partial charge in [-0.05, 0) is 36.2 Å². The van der Waals surface area contributed by atoms with Crippen molar-refractivity contribution < 1.29 is 9.53 Å². The largest absolute Gasteiger partial charge is 0.410 e. The summed E-state index contributed by atoms with van der Waals surface area (Å²) in [6, 6.07) is 7.19. The lowest BCUT2D eigenvalue weighted by Crippen LogP contribution is -2.16. The van der Waals surface area contributed by atoms with Crippen molar-refractivity contribution in [1.29, 1.82) is 0 Å². The Morgan fingerprint density at radius 3 is 2.78 bits per heavy atom. The number of ether oxygens (including phenoxy) is 1. The van der Waals surface area contributed by atoms with E-state index in [1.165, 1.54) is 0 Å². The number of carbonyl (C=O) groups excluding carboxylic acids is 1. The van der Waals surface area contributed by atoms with E-state index in [4.69, 9.17) is 16.2 Å². The van der Waals surface area contributed by atoms with Crippen LogP contribution in [0.5, 0.6) is 5.75 Å². The van der Waals surface area contributed by atoms with Gasteiger partial charge in [0.05, 0.1) is 11.9 Å². The first-order valence-corrected chi connectivity index (χ1v) is 5.35. The smallest absolute Gasteiger partial charge is 0.409 e. The van der Waals surface area contributed by atoms with Crippen LogP contribution >= 0.6 is 0 Å². The summed E-state index contributed by atoms with van der Waals surface area (Å²) in [6.45, 7) is 1.90. The first-order valence-electron chi connectivity index (χ1n) is 5.35. The summed E-state index contributed by atoms with van der Waals surface area (Å²) in [4.78, 5) is 14.7. The molecule has 1 aromatic heterocycles. The summed E-state index contributed by atoms with van der Waals surface area (Å²) in [5.41, 5.74) is 14.1. The van der Waals surface area contributed by atoms with Crippen molar-refractivity contribution in [3.05, 3.63) is 42.2 Å². The Morgan fingerprint density at radius 2 is 2.11 bits per heavy atom. The predicted octanol–water partition coefficient (Wildman–Crippen LogP) is 2.10. The molecule has 5 heteroatoms. The minimum atomic E-state index is -0.839. The predicted molar refractivity (Wildman–Crippen MR) is 69.0 cm³/mol. The summed E-state index contributed by atoms with van der Waals surface area (Å²) >= 11 is 0. The molecule has 0 bridgehead atoms. The number of nitrogens with zero attached hydrogens (tertiary/aromatic N) is 1. The van der Waals surface area contributed by atoms with Gasteiger partial charge in [-0.1, -0.05) is 6.07 Å². The van der Waals surface area contributed by atoms with Crippen molar-refractivity contribution in [2.45, 2.75) is 6.92 Å². The highest BCUT2D eigenvalue weighted by Gasteiger charge is 2.07. The standard InChI is InChI=1S/C13H13N3O2/c1-8-4-9(6-10(5-8)18-13(15)17)11-2-3-16-7-12(11)14/h2-7H,14H2,1H3,(H2,15,17). The minimum absolute atomic E-state index is 0.397. The molecular weight excluding hydrogens is 230 g/mol. The molecule has 1 aromatic carbocycles. The lowest BCUT2D eigenvalue weighted by molar-refractivity contribution is 0.211. The van der Waals surface area contributed by atoms with Gasteiger partial charge >= 0.3 is 6.09 Å². The lowest BCUT2D eigenvalue weighted by atomic mass is 10.0. The highest BCUT2D eigenvalue weighted by atomic mass is 16.5. The van der Waals surface area contributed by atoms with Crippen molar-refractivity contribution in [1.82, 2.24) is 4.98 Å². The van der Waals surface area contributed by atoms with Crippen LogP contribution in [-0.2, 0) is 0 Å². The second-order valence-electron chi connectivity index (χ2n) is 3.92. The van der Waals surface area contributed by atoms with E-state index in [1.807, 2.05) is 13.0 Å². The molecule has 0 aliphatic rings. The number of nitrogen functional groups attached to an aromatic ring is 1. The zero-order valence-corrected chi connectivity index (χ0v) is 9.88. The molecule has 1 amide bonds. The Balaban J connectivity index is 2.48. The minimum Gasteiger partial charge on any atom is -0.410 e. The molecule has 0 radical (unpaired) electrons. The maximum atomic E-state index is 10.8. The number of aryl methyl sites for hydroxylation is 1. The van der Waals surface area contributed by atoms with E-state index in [2.05, 4.69) is 4.98 Å². The van der Waals surface area contributed by atoms with Gasteiger partial charge in [0.25, 0.3) is 0 Å². The van der Waals surface area contributed by atoms with Crippen molar-refractivity contribution in [3.63, 3.8) is 0 Å². The third-order valence-electron chi connectivity index (χ3n) is 2.43. The quantitative estimate of drug-likeness (QED) is 0.844. The molecule has 5 nitrogen and oxygen atoms in total. The molecule has 0 unspecified atom stereocenters. The second-order valence-corrected chi connectivity index (χ2v) is 3.92. The number of rotatable bonds is 2. The van der Waals surface area contributed by atoms with Crippen LogP contribution in [0, 0.1) is 6.92 Å². The van der Waals surface area contributed by atoms with E-state index < -0.39 is 6.09 Å². The number of nitrogens with two attached hydrogens (primary N) is 2. The van der Waals surface area contributed by atoms with E-state index in [0.29, 0.717) is 11.4 Å². The van der Waals surface area contributed by atoms with Crippen LogP contribution in [0.2, 0.25) is 0 Å². The summed E-state index contributed by atoms with van der Waals surface area (Å²) in [6.07, 6.45) is 2.39. The van der Waals surface area contributed by atoms with E-state index in [-0.39, 0.29) is 0 Å². The molecule has 2 aromatic rings. The van der Waals surface area contributed by atoms with Crippen LogP contribution in [0.25, 0.3) is 11.1 Å². The average molecular weight is 243 g/mol. The Morgan fingerprint density at radius 1 is 1.33 bits per heavy atom. The number of benzene rings is 1. The van der Waals surface area contributed by atoms with Gasteiger partial charge in [-0.25, -0.2) is 4.79 Å². The molecule has 0 atom stereocenters. The van der Waals surface area contributed by atoms with Crippen LogP contribution in [0.1, 0.15) is 5.56 Å². The molecule has 92 valence electrons. The van der Waals surface area contributed by atoms with E-state index in [0.717, 1.165) is 16.7 Å². The molecule has 1 heterocycles. The first kappa shape index (κ1) is 11.9. The van der Waals surface area contributed by atoms with Gasteiger partial charge < -0.3 is 16.2 Å². The van der Waals surface area contributed by atoms with Gasteiger partial charge in [-0.2, -0.15) is 0 Å². The molecule has 0 aliphatic carbocycles. The number of hydrogen-bond donors (Lipinski definition) is 2. The number of aromatic nitrogens is 1. The van der Waals surface area contributed by atoms with Gasteiger partial charge in [-0.3, -0.25) is 4.98 Å². The summed E-state index contributed by atoms with van der Waals surface area (Å²) in [5.74, 6) is 0.397. The Kier molecular flexibility index (Phi) is 3.14. The molecule has 4 N–H and O–H groups in total. The number of anilines is 1. The topological polar surface area (TPSA) is 91.2 Å². The summed E-state index contributed by atoms with van der Waals surface area (Å²) < 4.78 is 4.88. The van der Waals surface area contributed by atoms with E-state index in [1.54, 1.807) is 30.6 Å². The third-order valence-corrected chi connectivity index (χ3v) is 2.43. The molecule has 0 spiro atoms. The van der Waals surface area contributed by atoms with E-state index in [9.17, 15) is 4.79 Å². The fourth-order valence-electron chi connectivity index (χ4n) is 1.75. The molecule has 0 saturated carbocycles. The SMILES string of the molecule is Cc1cc(OC(N)=O)cc(-c2ccncc2N)c1. The van der Waals surface area contributed by atoms with Gasteiger partial charge in [0.15, 0.2) is 0 Å². The number of pyridine rings is 1. The highest BCUT2D eigenvalue weighted by Crippen LogP contribution is 2.29. The Labute approximate surface area is 104 Å². The molecule has 0 fully saturated rings. The number of amides is 1. The maximum Gasteiger partial charge on any atom is 0.409 e. The Bertz CT molecular complexity index is 597. The molecule has 18 heavy (non-hydrogen) atoms. The van der Waals surface area contributed by atoms with Crippen molar-refractivity contribution in [2.75, 3.05) is 5.73 Å². The zero-order chi connectivity index (χ0) is 13.1. The molecule has 0 saturated heterocycles. The van der Waals surface area contributed by atoms with Crippen molar-refractivity contribution >= 4 is 11.8 Å². The zero-order valence-electron chi connectivity index (χ0n) is 9.88. The lowest BCUT2D eigenvalue weighted by Gasteiger charge is -2.09. The first-order chi connectivity index (χ1) is 8.56. The van der Waals surface area contributed by atoms with Crippen LogP contribution in [0.3, 0.4) is 0 Å². The number of hydrogen-bond acceptors (Lipinski definition) is 4. The second kappa shape index (κ2) is 4.75. The summed E-state index contributed by atoms with van der Waals surface area (Å²) in [7, 11) is 0. The molecule has 2 rings (SSSR count). The number of primary amides is 1. The van der Waals surface area contributed by atoms with Gasteiger partial charge in [0.2, 0.25) is 0 Å². The van der Waals surface area contributed by atoms with Crippen molar-refractivity contribution in [2.24, 2.45) is 5.73 Å². The van der Waals surface area contributed by atoms with Gasteiger partial charge in [0.1, 0.15) is 5.75 Å². The maximum absolute atomic E-state index is 10.8. The fourth-order valence-corrected chi connectivity index (χ4v) is 1.75. The monoisotopic (exact) mass is 243 g/mol. The van der Waals surface area contributed by atoms with Crippen LogP contribution in [-0.4, -0.2) is 11.1 Å². The van der Waals surface area contributed by atoms with Gasteiger partial charge in [-0.15, -0.1) is 0 Å². The average Bonchev–Trinajstić information content (AvgIpc) is 2.27. The van der Waals surface area contributed by atoms with Gasteiger partial charge in [0, 0.05) is 11.8 Å². The highest BCUT2D eigenvalue weighted by molar-refractivity contribution is 5.77. The third kappa shape index (κ3) is 2.57. The molecule has 0 aliphatic heterocycles. The number of carbonyl (C=O) groups is 1. The molecular formula is C13H13N3O2.